The summed E-state index contributed by atoms with van der Waals surface area (Å²) in [5.41, 5.74) is 6.70. The van der Waals surface area contributed by atoms with Gasteiger partial charge in [0.2, 0.25) is 0 Å². The molecule has 1 rings (SSSR count). The Morgan fingerprint density at radius 3 is 2.78 bits per heavy atom. The van der Waals surface area contributed by atoms with Crippen LogP contribution in [-0.2, 0) is 0 Å². The van der Waals surface area contributed by atoms with Crippen LogP contribution in [0, 0.1) is 0 Å². The Hall–Kier alpha value is -1.58. The van der Waals surface area contributed by atoms with E-state index in [4.69, 9.17) is 5.73 Å². The summed E-state index contributed by atoms with van der Waals surface area (Å²) in [5, 5.41) is 3.06. The van der Waals surface area contributed by atoms with E-state index in [2.05, 4.69) is 24.1 Å². The molecule has 0 radical (unpaired) electrons. The lowest BCUT2D eigenvalue weighted by Crippen LogP contribution is -2.35. The van der Waals surface area contributed by atoms with Crippen LogP contribution in [0.1, 0.15) is 56.3 Å². The smallest absolute Gasteiger partial charge is 0.253 e. The van der Waals surface area contributed by atoms with Crippen LogP contribution in [0.15, 0.2) is 18.5 Å². The van der Waals surface area contributed by atoms with Crippen molar-refractivity contribution in [1.29, 1.82) is 0 Å². The maximum absolute atomic E-state index is 12.1. The molecule has 0 fully saturated rings. The van der Waals surface area contributed by atoms with Crippen molar-refractivity contribution in [3.05, 3.63) is 24.0 Å². The van der Waals surface area contributed by atoms with Crippen molar-refractivity contribution in [3.63, 3.8) is 0 Å². The largest absolute Gasteiger partial charge is 0.397 e. The first-order valence-corrected chi connectivity index (χ1v) is 6.69. The van der Waals surface area contributed by atoms with Crippen LogP contribution in [0.3, 0.4) is 0 Å². The molecule has 1 heterocycles. The summed E-state index contributed by atoms with van der Waals surface area (Å²) < 4.78 is 0. The number of pyridine rings is 1. The minimum absolute atomic E-state index is 0.0931. The number of nitrogens with one attached hydrogen (secondary N) is 1. The van der Waals surface area contributed by atoms with E-state index in [0.717, 1.165) is 32.1 Å². The van der Waals surface area contributed by atoms with Gasteiger partial charge in [-0.15, -0.1) is 0 Å². The molecule has 0 aliphatic rings. The van der Waals surface area contributed by atoms with Crippen molar-refractivity contribution in [2.45, 2.75) is 52.0 Å². The molecule has 1 aromatic rings. The molecule has 0 bridgehead atoms. The second-order valence-electron chi connectivity index (χ2n) is 4.56. The summed E-state index contributed by atoms with van der Waals surface area (Å²) >= 11 is 0. The zero-order valence-corrected chi connectivity index (χ0v) is 11.3. The van der Waals surface area contributed by atoms with Gasteiger partial charge in [-0.05, 0) is 18.9 Å². The number of anilines is 1. The molecule has 0 spiro atoms. The summed E-state index contributed by atoms with van der Waals surface area (Å²) in [6.45, 7) is 4.29. The third kappa shape index (κ3) is 4.35. The van der Waals surface area contributed by atoms with Crippen molar-refractivity contribution in [2.24, 2.45) is 0 Å². The van der Waals surface area contributed by atoms with Gasteiger partial charge in [0, 0.05) is 12.2 Å². The average molecular weight is 249 g/mol. The second kappa shape index (κ2) is 7.69. The summed E-state index contributed by atoms with van der Waals surface area (Å²) in [5.74, 6) is -0.0931. The Bertz CT molecular complexity index is 379. The first-order chi connectivity index (χ1) is 8.69. The lowest BCUT2D eigenvalue weighted by molar-refractivity contribution is 0.0933. The molecule has 1 atom stereocenters. The van der Waals surface area contributed by atoms with Gasteiger partial charge in [0.25, 0.3) is 5.91 Å². The van der Waals surface area contributed by atoms with E-state index in [1.54, 1.807) is 12.3 Å². The molecule has 0 saturated carbocycles. The minimum Gasteiger partial charge on any atom is -0.397 e. The van der Waals surface area contributed by atoms with Crippen LogP contribution in [0.2, 0.25) is 0 Å². The molecule has 1 unspecified atom stereocenters. The standard InChI is InChI=1S/C14H23N3O/c1-3-5-7-11(6-4-2)17-14(18)12-8-9-16-10-13(12)15/h8-11H,3-7,15H2,1-2H3,(H,17,18). The molecule has 4 heteroatoms. The predicted molar refractivity (Wildman–Crippen MR) is 74.3 cm³/mol. The topological polar surface area (TPSA) is 68.0 Å². The number of aromatic nitrogens is 1. The highest BCUT2D eigenvalue weighted by molar-refractivity contribution is 5.98. The van der Waals surface area contributed by atoms with E-state index in [0.29, 0.717) is 11.3 Å². The highest BCUT2D eigenvalue weighted by atomic mass is 16.1. The molecule has 18 heavy (non-hydrogen) atoms. The molecule has 0 saturated heterocycles. The molecular weight excluding hydrogens is 226 g/mol. The van der Waals surface area contributed by atoms with Gasteiger partial charge in [-0.1, -0.05) is 33.1 Å². The van der Waals surface area contributed by atoms with Crippen LogP contribution >= 0.6 is 0 Å². The summed E-state index contributed by atoms with van der Waals surface area (Å²) in [6, 6.07) is 1.91. The minimum atomic E-state index is -0.0931. The molecule has 4 nitrogen and oxygen atoms in total. The molecule has 3 N–H and O–H groups in total. The van der Waals surface area contributed by atoms with Crippen LogP contribution in [-0.4, -0.2) is 16.9 Å². The number of unbranched alkanes of at least 4 members (excludes halogenated alkanes) is 1. The zero-order chi connectivity index (χ0) is 13.4. The highest BCUT2D eigenvalue weighted by Crippen LogP contribution is 2.11. The van der Waals surface area contributed by atoms with E-state index in [9.17, 15) is 4.79 Å². The van der Waals surface area contributed by atoms with E-state index in [-0.39, 0.29) is 11.9 Å². The number of carbonyl (C=O) groups is 1. The van der Waals surface area contributed by atoms with Gasteiger partial charge >= 0.3 is 0 Å². The summed E-state index contributed by atoms with van der Waals surface area (Å²) in [4.78, 5) is 16.0. The SMILES string of the molecule is CCCCC(CCC)NC(=O)c1ccncc1N. The second-order valence-corrected chi connectivity index (χ2v) is 4.56. The van der Waals surface area contributed by atoms with Crippen LogP contribution in [0.5, 0.6) is 0 Å². The highest BCUT2D eigenvalue weighted by Gasteiger charge is 2.14. The number of nitrogen functional groups attached to an aromatic ring is 1. The van der Waals surface area contributed by atoms with Gasteiger partial charge < -0.3 is 11.1 Å². The molecule has 100 valence electrons. The molecule has 0 aliphatic carbocycles. The molecular formula is C14H23N3O. The number of carbonyl (C=O) groups excluding carboxylic acids is 1. The van der Waals surface area contributed by atoms with E-state index in [1.165, 1.54) is 6.20 Å². The van der Waals surface area contributed by atoms with Crippen molar-refractivity contribution in [2.75, 3.05) is 5.73 Å². The molecule has 1 amide bonds. The fourth-order valence-electron chi connectivity index (χ4n) is 1.96. The van der Waals surface area contributed by atoms with Crippen LogP contribution < -0.4 is 11.1 Å². The average Bonchev–Trinajstić information content (AvgIpc) is 2.36. The van der Waals surface area contributed by atoms with E-state index < -0.39 is 0 Å². The lowest BCUT2D eigenvalue weighted by atomic mass is 10.0. The quantitative estimate of drug-likeness (QED) is 0.780. The molecule has 1 aromatic heterocycles. The lowest BCUT2D eigenvalue weighted by Gasteiger charge is -2.18. The first-order valence-electron chi connectivity index (χ1n) is 6.69. The zero-order valence-electron chi connectivity index (χ0n) is 11.3. The van der Waals surface area contributed by atoms with Gasteiger partial charge in [-0.2, -0.15) is 0 Å². The van der Waals surface area contributed by atoms with Crippen molar-refractivity contribution in [3.8, 4) is 0 Å². The maximum Gasteiger partial charge on any atom is 0.253 e. The van der Waals surface area contributed by atoms with Crippen LogP contribution in [0.4, 0.5) is 5.69 Å². The van der Waals surface area contributed by atoms with E-state index in [1.807, 2.05) is 0 Å². The first kappa shape index (κ1) is 14.5. The number of rotatable bonds is 7. The number of nitrogens with two attached hydrogens (primary N) is 1. The molecule has 0 aromatic carbocycles. The van der Waals surface area contributed by atoms with Gasteiger partial charge in [0.1, 0.15) is 0 Å². The summed E-state index contributed by atoms with van der Waals surface area (Å²) in [6.07, 6.45) is 8.49. The van der Waals surface area contributed by atoms with E-state index >= 15 is 0 Å². The Morgan fingerprint density at radius 1 is 1.39 bits per heavy atom. The fraction of sp³-hybridized carbons (Fsp3) is 0.571. The van der Waals surface area contributed by atoms with Gasteiger partial charge in [-0.3, -0.25) is 9.78 Å². The van der Waals surface area contributed by atoms with Crippen LogP contribution in [0.25, 0.3) is 0 Å². The number of nitrogens with zero attached hydrogens (tertiary/aromatic N) is 1. The van der Waals surface area contributed by atoms with Gasteiger partial charge in [0.15, 0.2) is 0 Å². The third-order valence-electron chi connectivity index (χ3n) is 2.98. The van der Waals surface area contributed by atoms with Crippen molar-refractivity contribution >= 4 is 11.6 Å². The molecule has 0 aliphatic heterocycles. The fourth-order valence-corrected chi connectivity index (χ4v) is 1.96. The number of hydrogen-bond acceptors (Lipinski definition) is 3. The maximum atomic E-state index is 12.1. The van der Waals surface area contributed by atoms with Gasteiger partial charge in [-0.25, -0.2) is 0 Å². The van der Waals surface area contributed by atoms with Gasteiger partial charge in [0.05, 0.1) is 17.4 Å². The Balaban J connectivity index is 2.63. The Kier molecular flexibility index (Phi) is 6.19. The predicted octanol–water partition coefficient (Wildman–Crippen LogP) is 2.75. The normalized spacial score (nSPS) is 12.1. The van der Waals surface area contributed by atoms with Crippen molar-refractivity contribution in [1.82, 2.24) is 10.3 Å². The monoisotopic (exact) mass is 249 g/mol. The Labute approximate surface area is 109 Å². The third-order valence-corrected chi connectivity index (χ3v) is 2.98. The number of amides is 1. The summed E-state index contributed by atoms with van der Waals surface area (Å²) in [7, 11) is 0. The van der Waals surface area contributed by atoms with Crippen molar-refractivity contribution < 1.29 is 4.79 Å². The Morgan fingerprint density at radius 2 is 2.17 bits per heavy atom. The number of hydrogen-bond donors (Lipinski definition) is 2.